The Hall–Kier alpha value is -1.30. The maximum Gasteiger partial charge on any atom is 0.0555 e. The standard InChI is InChI=1S/C15H22N2/c1-3-4-12-17(2)13-15-9-7-14(8-10-15)6-5-11-16/h7-10H,3-4,11-13,16H2,1-2H3. The van der Waals surface area contributed by atoms with Crippen molar-refractivity contribution >= 4 is 0 Å². The normalized spacial score (nSPS) is 10.1. The van der Waals surface area contributed by atoms with Gasteiger partial charge in [-0.2, -0.15) is 0 Å². The Labute approximate surface area is 105 Å². The van der Waals surface area contributed by atoms with Crippen molar-refractivity contribution < 1.29 is 0 Å². The molecule has 0 heterocycles. The predicted octanol–water partition coefficient (Wildman–Crippen LogP) is 2.23. The molecule has 0 amide bonds. The largest absolute Gasteiger partial charge is 0.320 e. The van der Waals surface area contributed by atoms with Gasteiger partial charge in [0, 0.05) is 12.1 Å². The molecule has 0 aromatic heterocycles. The minimum absolute atomic E-state index is 0.418. The number of benzene rings is 1. The molecule has 2 N–H and O–H groups in total. The molecule has 2 nitrogen and oxygen atoms in total. The van der Waals surface area contributed by atoms with Gasteiger partial charge in [0.1, 0.15) is 0 Å². The Kier molecular flexibility index (Phi) is 6.39. The molecule has 2 heteroatoms. The third-order valence-electron chi connectivity index (χ3n) is 2.63. The highest BCUT2D eigenvalue weighted by molar-refractivity contribution is 5.36. The summed E-state index contributed by atoms with van der Waals surface area (Å²) in [7, 11) is 2.16. The van der Waals surface area contributed by atoms with E-state index in [0.29, 0.717) is 6.54 Å². The number of nitrogens with two attached hydrogens (primary N) is 1. The molecule has 0 saturated carbocycles. The van der Waals surface area contributed by atoms with Gasteiger partial charge in [-0.3, -0.25) is 0 Å². The first-order valence-electron chi connectivity index (χ1n) is 6.22. The average Bonchev–Trinajstić information content (AvgIpc) is 2.35. The summed E-state index contributed by atoms with van der Waals surface area (Å²) >= 11 is 0. The molecule has 0 spiro atoms. The van der Waals surface area contributed by atoms with Crippen molar-refractivity contribution in [3.8, 4) is 11.8 Å². The van der Waals surface area contributed by atoms with Crippen LogP contribution in [-0.2, 0) is 6.54 Å². The molecule has 1 aromatic carbocycles. The second-order valence-electron chi connectivity index (χ2n) is 4.29. The smallest absolute Gasteiger partial charge is 0.0555 e. The maximum atomic E-state index is 5.34. The van der Waals surface area contributed by atoms with Crippen molar-refractivity contribution in [1.82, 2.24) is 4.90 Å². The molecule has 0 aliphatic carbocycles. The Balaban J connectivity index is 2.50. The van der Waals surface area contributed by atoms with Crippen LogP contribution in [0.1, 0.15) is 30.9 Å². The predicted molar refractivity (Wildman–Crippen MR) is 73.6 cm³/mol. The van der Waals surface area contributed by atoms with Crippen LogP contribution in [0.4, 0.5) is 0 Å². The molecular weight excluding hydrogens is 208 g/mol. The van der Waals surface area contributed by atoms with Crippen LogP contribution in [0.2, 0.25) is 0 Å². The van der Waals surface area contributed by atoms with Gasteiger partial charge in [0.2, 0.25) is 0 Å². The number of hydrogen-bond acceptors (Lipinski definition) is 2. The Morgan fingerprint density at radius 3 is 2.53 bits per heavy atom. The number of nitrogens with zero attached hydrogens (tertiary/aromatic N) is 1. The van der Waals surface area contributed by atoms with Crippen LogP contribution in [0.15, 0.2) is 24.3 Å². The zero-order valence-corrected chi connectivity index (χ0v) is 10.9. The van der Waals surface area contributed by atoms with E-state index in [1.54, 1.807) is 0 Å². The summed E-state index contributed by atoms with van der Waals surface area (Å²) in [6.07, 6.45) is 2.51. The molecule has 0 unspecified atom stereocenters. The molecule has 0 bridgehead atoms. The summed E-state index contributed by atoms with van der Waals surface area (Å²) in [6.45, 7) is 4.80. The molecule has 92 valence electrons. The highest BCUT2D eigenvalue weighted by Gasteiger charge is 1.99. The van der Waals surface area contributed by atoms with E-state index in [0.717, 1.165) is 18.7 Å². The minimum Gasteiger partial charge on any atom is -0.320 e. The van der Waals surface area contributed by atoms with E-state index >= 15 is 0 Å². The summed E-state index contributed by atoms with van der Waals surface area (Å²) in [4.78, 5) is 2.35. The van der Waals surface area contributed by atoms with Crippen molar-refractivity contribution in [2.75, 3.05) is 20.1 Å². The van der Waals surface area contributed by atoms with Gasteiger partial charge in [0.15, 0.2) is 0 Å². The number of hydrogen-bond donors (Lipinski definition) is 1. The summed E-state index contributed by atoms with van der Waals surface area (Å²) in [6, 6.07) is 8.41. The van der Waals surface area contributed by atoms with Gasteiger partial charge in [-0.1, -0.05) is 37.3 Å². The van der Waals surface area contributed by atoms with Gasteiger partial charge in [-0.15, -0.1) is 0 Å². The van der Waals surface area contributed by atoms with Gasteiger partial charge in [-0.25, -0.2) is 0 Å². The number of unbranched alkanes of at least 4 members (excludes halogenated alkanes) is 1. The fraction of sp³-hybridized carbons (Fsp3) is 0.467. The van der Waals surface area contributed by atoms with Crippen molar-refractivity contribution in [1.29, 1.82) is 0 Å². The first-order valence-corrected chi connectivity index (χ1v) is 6.22. The van der Waals surface area contributed by atoms with Crippen LogP contribution in [-0.4, -0.2) is 25.0 Å². The summed E-state index contributed by atoms with van der Waals surface area (Å²) in [5.41, 5.74) is 7.71. The van der Waals surface area contributed by atoms with Crippen LogP contribution in [0.3, 0.4) is 0 Å². The molecule has 0 aliphatic rings. The van der Waals surface area contributed by atoms with E-state index in [1.165, 1.54) is 18.4 Å². The van der Waals surface area contributed by atoms with Gasteiger partial charge >= 0.3 is 0 Å². The molecule has 0 atom stereocenters. The van der Waals surface area contributed by atoms with Crippen molar-refractivity contribution in [2.24, 2.45) is 5.73 Å². The molecule has 0 aliphatic heterocycles. The van der Waals surface area contributed by atoms with Crippen LogP contribution in [0.25, 0.3) is 0 Å². The molecule has 0 radical (unpaired) electrons. The average molecular weight is 230 g/mol. The van der Waals surface area contributed by atoms with E-state index < -0.39 is 0 Å². The van der Waals surface area contributed by atoms with Crippen molar-refractivity contribution in [3.63, 3.8) is 0 Å². The minimum atomic E-state index is 0.418. The third kappa shape index (κ3) is 5.53. The quantitative estimate of drug-likeness (QED) is 0.786. The van der Waals surface area contributed by atoms with Crippen LogP contribution >= 0.6 is 0 Å². The lowest BCUT2D eigenvalue weighted by molar-refractivity contribution is 0.321. The van der Waals surface area contributed by atoms with E-state index in [4.69, 9.17) is 5.73 Å². The van der Waals surface area contributed by atoms with Gasteiger partial charge in [-0.05, 0) is 37.7 Å². The van der Waals surface area contributed by atoms with Crippen LogP contribution in [0.5, 0.6) is 0 Å². The Morgan fingerprint density at radius 2 is 1.94 bits per heavy atom. The van der Waals surface area contributed by atoms with Crippen molar-refractivity contribution in [3.05, 3.63) is 35.4 Å². The summed E-state index contributed by atoms with van der Waals surface area (Å²) < 4.78 is 0. The maximum absolute atomic E-state index is 5.34. The SMILES string of the molecule is CCCCN(C)Cc1ccc(C#CCN)cc1. The van der Waals surface area contributed by atoms with E-state index in [1.807, 2.05) is 0 Å². The third-order valence-corrected chi connectivity index (χ3v) is 2.63. The molecule has 1 rings (SSSR count). The molecule has 17 heavy (non-hydrogen) atoms. The van der Waals surface area contributed by atoms with Gasteiger partial charge < -0.3 is 10.6 Å². The highest BCUT2D eigenvalue weighted by Crippen LogP contribution is 2.06. The first kappa shape index (κ1) is 13.8. The van der Waals surface area contributed by atoms with E-state index in [-0.39, 0.29) is 0 Å². The lowest BCUT2D eigenvalue weighted by atomic mass is 10.1. The van der Waals surface area contributed by atoms with Gasteiger partial charge in [0.05, 0.1) is 6.54 Å². The van der Waals surface area contributed by atoms with E-state index in [2.05, 4.69) is 55.0 Å². The Bertz CT molecular complexity index is 370. The van der Waals surface area contributed by atoms with E-state index in [9.17, 15) is 0 Å². The van der Waals surface area contributed by atoms with Crippen molar-refractivity contribution in [2.45, 2.75) is 26.3 Å². The summed E-state index contributed by atoms with van der Waals surface area (Å²) in [5.74, 6) is 5.89. The molecule has 0 fully saturated rings. The second kappa shape index (κ2) is 7.89. The zero-order chi connectivity index (χ0) is 12.5. The first-order chi connectivity index (χ1) is 8.26. The lowest BCUT2D eigenvalue weighted by Gasteiger charge is -2.15. The summed E-state index contributed by atoms with van der Waals surface area (Å²) in [5, 5.41) is 0. The fourth-order valence-corrected chi connectivity index (χ4v) is 1.67. The second-order valence-corrected chi connectivity index (χ2v) is 4.29. The van der Waals surface area contributed by atoms with Crippen LogP contribution < -0.4 is 5.73 Å². The highest BCUT2D eigenvalue weighted by atomic mass is 15.1. The Morgan fingerprint density at radius 1 is 1.24 bits per heavy atom. The monoisotopic (exact) mass is 230 g/mol. The molecule has 0 saturated heterocycles. The fourth-order valence-electron chi connectivity index (χ4n) is 1.67. The lowest BCUT2D eigenvalue weighted by Crippen LogP contribution is -2.18. The topological polar surface area (TPSA) is 29.3 Å². The van der Waals surface area contributed by atoms with Crippen LogP contribution in [0, 0.1) is 11.8 Å². The molecule has 1 aromatic rings. The number of rotatable bonds is 5. The zero-order valence-electron chi connectivity index (χ0n) is 10.9. The molecular formula is C15H22N2. The van der Waals surface area contributed by atoms with Gasteiger partial charge in [0.25, 0.3) is 0 Å².